The molecular weight excluding hydrogens is 365 g/mol. The number of hydrogen-bond donors (Lipinski definition) is 3. The zero-order chi connectivity index (χ0) is 20.1. The number of nitrogens with one attached hydrogen (secondary N) is 1. The smallest absolute Gasteiger partial charge is 0.251 e. The fraction of sp³-hybridized carbons (Fsp3) is 0.381. The molecule has 7 heteroatoms. The molecule has 0 radical (unpaired) electrons. The van der Waals surface area contributed by atoms with Gasteiger partial charge in [0.25, 0.3) is 5.91 Å². The first kappa shape index (κ1) is 20.3. The number of benzene rings is 2. The Balaban J connectivity index is 1.64. The molecule has 2 aromatic carbocycles. The van der Waals surface area contributed by atoms with Crippen molar-refractivity contribution in [1.82, 2.24) is 5.32 Å². The van der Waals surface area contributed by atoms with E-state index in [1.807, 2.05) is 24.3 Å². The maximum Gasteiger partial charge on any atom is 0.251 e. The van der Waals surface area contributed by atoms with Gasteiger partial charge in [-0.05, 0) is 35.4 Å². The van der Waals surface area contributed by atoms with E-state index in [1.165, 1.54) is 0 Å². The Morgan fingerprint density at radius 3 is 2.68 bits per heavy atom. The van der Waals surface area contributed by atoms with Gasteiger partial charge in [0.05, 0.1) is 18.8 Å². The third-order valence-corrected chi connectivity index (χ3v) is 4.75. The molecule has 1 saturated heterocycles. The molecule has 0 saturated carbocycles. The molecule has 1 amide bonds. The fourth-order valence-corrected chi connectivity index (χ4v) is 3.18. The third kappa shape index (κ3) is 4.67. The lowest BCUT2D eigenvalue weighted by Crippen LogP contribution is -2.49. The van der Waals surface area contributed by atoms with Gasteiger partial charge in [-0.1, -0.05) is 24.3 Å². The second kappa shape index (κ2) is 9.14. The topological polar surface area (TPSA) is 88.0 Å². The largest absolute Gasteiger partial charge is 0.491 e. The van der Waals surface area contributed by atoms with Crippen LogP contribution in [0.2, 0.25) is 0 Å². The number of amides is 1. The number of carbonyl (C=O) groups is 1. The van der Waals surface area contributed by atoms with Crippen LogP contribution in [0.3, 0.4) is 0 Å². The summed E-state index contributed by atoms with van der Waals surface area (Å²) in [6.45, 7) is -0.343. The lowest BCUT2D eigenvalue weighted by molar-refractivity contribution is -0.162. The van der Waals surface area contributed by atoms with Crippen LogP contribution < -0.4 is 10.1 Å². The number of aliphatic hydroxyl groups excluding tert-OH is 2. The van der Waals surface area contributed by atoms with Crippen LogP contribution in [0, 0.1) is 0 Å². The summed E-state index contributed by atoms with van der Waals surface area (Å²) in [6.07, 6.45) is -4.20. The predicted octanol–water partition coefficient (Wildman–Crippen LogP) is 1.94. The number of halogens is 1. The number of rotatable bonds is 6. The predicted molar refractivity (Wildman–Crippen MR) is 102 cm³/mol. The maximum atomic E-state index is 14.1. The summed E-state index contributed by atoms with van der Waals surface area (Å²) in [6, 6.07) is 14.4. The first-order valence-corrected chi connectivity index (χ1v) is 9.15. The summed E-state index contributed by atoms with van der Waals surface area (Å²) >= 11 is 0. The molecule has 0 spiro atoms. The molecular formula is C21H24FNO5. The third-order valence-electron chi connectivity index (χ3n) is 4.75. The van der Waals surface area contributed by atoms with Crippen molar-refractivity contribution >= 4 is 5.91 Å². The highest BCUT2D eigenvalue weighted by atomic mass is 19.1. The van der Waals surface area contributed by atoms with Gasteiger partial charge in [0, 0.05) is 19.0 Å². The molecule has 28 heavy (non-hydrogen) atoms. The molecule has 0 aliphatic carbocycles. The standard InChI is InChI=1S/C21H24FNO5/c1-23-21(26)15-4-2-3-14(9-15)13-5-7-16(8-6-13)27-12-19-20(22)18(25)10-17(11-24)28-19/h2-9,17-20,24-25H,10-12H2,1H3,(H,23,26). The molecule has 1 fully saturated rings. The number of aliphatic hydroxyl groups is 2. The normalized spacial score (nSPS) is 24.6. The SMILES string of the molecule is CNC(=O)c1cccc(-c2ccc(OCC3OC(CO)CC(O)C3F)cc2)c1. The van der Waals surface area contributed by atoms with Gasteiger partial charge in [0.15, 0.2) is 6.17 Å². The maximum absolute atomic E-state index is 14.1. The van der Waals surface area contributed by atoms with Crippen molar-refractivity contribution in [3.05, 3.63) is 54.1 Å². The van der Waals surface area contributed by atoms with Crippen molar-refractivity contribution in [3.8, 4) is 16.9 Å². The van der Waals surface area contributed by atoms with Crippen molar-refractivity contribution < 1.29 is 28.9 Å². The number of hydrogen-bond acceptors (Lipinski definition) is 5. The highest BCUT2D eigenvalue weighted by Crippen LogP contribution is 2.26. The van der Waals surface area contributed by atoms with E-state index in [0.29, 0.717) is 11.3 Å². The van der Waals surface area contributed by atoms with Crippen LogP contribution in [0.4, 0.5) is 4.39 Å². The summed E-state index contributed by atoms with van der Waals surface area (Å²) < 4.78 is 25.1. The summed E-state index contributed by atoms with van der Waals surface area (Å²) in [4.78, 5) is 11.8. The van der Waals surface area contributed by atoms with Crippen LogP contribution in [0.25, 0.3) is 11.1 Å². The van der Waals surface area contributed by atoms with Gasteiger partial charge in [-0.3, -0.25) is 4.79 Å². The Labute approximate surface area is 162 Å². The lowest BCUT2D eigenvalue weighted by Gasteiger charge is -2.35. The molecule has 6 nitrogen and oxygen atoms in total. The molecule has 1 heterocycles. The highest BCUT2D eigenvalue weighted by molar-refractivity contribution is 5.95. The molecule has 4 atom stereocenters. The van der Waals surface area contributed by atoms with Gasteiger partial charge in [-0.15, -0.1) is 0 Å². The minimum atomic E-state index is -1.56. The van der Waals surface area contributed by atoms with Gasteiger partial charge in [-0.25, -0.2) is 4.39 Å². The molecule has 2 aromatic rings. The zero-order valence-corrected chi connectivity index (χ0v) is 15.5. The lowest BCUT2D eigenvalue weighted by atomic mass is 9.99. The van der Waals surface area contributed by atoms with Crippen molar-refractivity contribution in [2.45, 2.75) is 30.9 Å². The van der Waals surface area contributed by atoms with E-state index in [-0.39, 0.29) is 25.5 Å². The Morgan fingerprint density at radius 2 is 2.00 bits per heavy atom. The first-order valence-electron chi connectivity index (χ1n) is 9.15. The zero-order valence-electron chi connectivity index (χ0n) is 15.5. The van der Waals surface area contributed by atoms with E-state index >= 15 is 0 Å². The molecule has 0 aromatic heterocycles. The molecule has 150 valence electrons. The second-order valence-electron chi connectivity index (χ2n) is 6.72. The van der Waals surface area contributed by atoms with Crippen LogP contribution in [0.15, 0.2) is 48.5 Å². The van der Waals surface area contributed by atoms with Crippen LogP contribution in [0.5, 0.6) is 5.75 Å². The van der Waals surface area contributed by atoms with Gasteiger partial charge < -0.3 is 25.0 Å². The van der Waals surface area contributed by atoms with Crippen molar-refractivity contribution in [3.63, 3.8) is 0 Å². The van der Waals surface area contributed by atoms with Crippen molar-refractivity contribution in [1.29, 1.82) is 0 Å². The van der Waals surface area contributed by atoms with Crippen LogP contribution >= 0.6 is 0 Å². The average Bonchev–Trinajstić information content (AvgIpc) is 2.74. The van der Waals surface area contributed by atoms with E-state index in [4.69, 9.17) is 9.47 Å². The van der Waals surface area contributed by atoms with Gasteiger partial charge >= 0.3 is 0 Å². The van der Waals surface area contributed by atoms with Crippen LogP contribution in [-0.4, -0.2) is 60.9 Å². The number of carbonyl (C=O) groups excluding carboxylic acids is 1. The Morgan fingerprint density at radius 1 is 1.25 bits per heavy atom. The monoisotopic (exact) mass is 389 g/mol. The first-order chi connectivity index (χ1) is 13.5. The van der Waals surface area contributed by atoms with Gasteiger partial charge in [0.1, 0.15) is 18.5 Å². The van der Waals surface area contributed by atoms with Crippen LogP contribution in [0.1, 0.15) is 16.8 Å². The minimum absolute atomic E-state index is 0.0674. The van der Waals surface area contributed by atoms with Crippen LogP contribution in [-0.2, 0) is 4.74 Å². The summed E-state index contributed by atoms with van der Waals surface area (Å²) in [5.74, 6) is 0.376. The van der Waals surface area contributed by atoms with E-state index in [9.17, 15) is 19.4 Å². The Kier molecular flexibility index (Phi) is 6.61. The molecule has 1 aliphatic rings. The minimum Gasteiger partial charge on any atom is -0.491 e. The quantitative estimate of drug-likeness (QED) is 0.703. The van der Waals surface area contributed by atoms with Gasteiger partial charge in [-0.2, -0.15) is 0 Å². The summed E-state index contributed by atoms with van der Waals surface area (Å²) in [5, 5.41) is 21.5. The van der Waals surface area contributed by atoms with E-state index in [1.54, 1.807) is 31.3 Å². The fourth-order valence-electron chi connectivity index (χ4n) is 3.18. The number of alkyl halides is 1. The Bertz CT molecular complexity index is 798. The highest BCUT2D eigenvalue weighted by Gasteiger charge is 2.38. The van der Waals surface area contributed by atoms with Crippen molar-refractivity contribution in [2.24, 2.45) is 0 Å². The summed E-state index contributed by atoms with van der Waals surface area (Å²) in [5.41, 5.74) is 2.37. The van der Waals surface area contributed by atoms with E-state index < -0.39 is 24.5 Å². The van der Waals surface area contributed by atoms with E-state index in [2.05, 4.69) is 5.32 Å². The molecule has 1 aliphatic heterocycles. The molecule has 4 unspecified atom stereocenters. The molecule has 3 N–H and O–H groups in total. The summed E-state index contributed by atoms with van der Waals surface area (Å²) in [7, 11) is 1.58. The Hall–Kier alpha value is -2.48. The number of ether oxygens (including phenoxy) is 2. The van der Waals surface area contributed by atoms with Crippen molar-refractivity contribution in [2.75, 3.05) is 20.3 Å². The molecule has 3 rings (SSSR count). The second-order valence-corrected chi connectivity index (χ2v) is 6.72. The van der Waals surface area contributed by atoms with E-state index in [0.717, 1.165) is 11.1 Å². The average molecular weight is 389 g/mol. The molecule has 0 bridgehead atoms. The van der Waals surface area contributed by atoms with Gasteiger partial charge in [0.2, 0.25) is 0 Å².